The van der Waals surface area contributed by atoms with Gasteiger partial charge in [0.15, 0.2) is 11.6 Å². The first-order valence-electron chi connectivity index (χ1n) is 12.9. The number of hydrogen-bond donors (Lipinski definition) is 0. The molecule has 1 aliphatic rings. The molecule has 8 nitrogen and oxygen atoms in total. The molecule has 40 heavy (non-hydrogen) atoms. The summed E-state index contributed by atoms with van der Waals surface area (Å²) in [6.07, 6.45) is 5.70. The van der Waals surface area contributed by atoms with Crippen LogP contribution in [0, 0.1) is 19.4 Å². The minimum absolute atomic E-state index is 0.106. The van der Waals surface area contributed by atoms with Gasteiger partial charge in [0.05, 0.1) is 23.4 Å². The highest BCUT2D eigenvalue weighted by atomic mass is 16.7. The summed E-state index contributed by atoms with van der Waals surface area (Å²) in [5.74, 6) is -0.547. The zero-order valence-corrected chi connectivity index (χ0v) is 23.1. The maximum Gasteiger partial charge on any atom is 0.331 e. The molecule has 0 aliphatic carbocycles. The third-order valence-corrected chi connectivity index (χ3v) is 6.83. The van der Waals surface area contributed by atoms with Gasteiger partial charge in [-0.3, -0.25) is 9.36 Å². The molecule has 1 fully saturated rings. The van der Waals surface area contributed by atoms with Crippen LogP contribution in [0.15, 0.2) is 59.8 Å². The molecule has 4 aromatic rings. The van der Waals surface area contributed by atoms with Gasteiger partial charge in [0, 0.05) is 34.9 Å². The van der Waals surface area contributed by atoms with E-state index < -0.39 is 11.8 Å². The molecule has 0 bridgehead atoms. The van der Waals surface area contributed by atoms with Crippen LogP contribution in [0.3, 0.4) is 0 Å². The summed E-state index contributed by atoms with van der Waals surface area (Å²) in [7, 11) is 0. The van der Waals surface area contributed by atoms with E-state index in [-0.39, 0.29) is 11.9 Å². The van der Waals surface area contributed by atoms with Crippen LogP contribution in [0.2, 0.25) is 0 Å². The van der Waals surface area contributed by atoms with E-state index in [1.807, 2.05) is 57.2 Å². The van der Waals surface area contributed by atoms with Crippen molar-refractivity contribution in [2.45, 2.75) is 46.5 Å². The topological polar surface area (TPSA) is 88.3 Å². The molecule has 0 N–H and O–H groups in total. The van der Waals surface area contributed by atoms with Gasteiger partial charge in [-0.1, -0.05) is 17.6 Å². The van der Waals surface area contributed by atoms with Gasteiger partial charge in [-0.2, -0.15) is 0 Å². The van der Waals surface area contributed by atoms with Crippen molar-refractivity contribution in [3.8, 4) is 18.2 Å². The molecule has 0 radical (unpaired) electrons. The van der Waals surface area contributed by atoms with Gasteiger partial charge in [0.1, 0.15) is 18.5 Å². The Labute approximate surface area is 232 Å². The monoisotopic (exact) mass is 538 g/mol. The van der Waals surface area contributed by atoms with Crippen LogP contribution in [0.5, 0.6) is 5.75 Å². The van der Waals surface area contributed by atoms with Gasteiger partial charge < -0.3 is 19.0 Å². The number of rotatable bonds is 7. The number of carbonyl (C=O) groups excluding carboxylic acids is 2. The third-order valence-electron chi connectivity index (χ3n) is 6.83. The van der Waals surface area contributed by atoms with E-state index in [2.05, 4.69) is 11.2 Å². The minimum Gasteiger partial charge on any atom is -0.491 e. The smallest absolute Gasteiger partial charge is 0.331 e. The van der Waals surface area contributed by atoms with Crippen LogP contribution in [-0.4, -0.2) is 47.1 Å². The fourth-order valence-electron chi connectivity index (χ4n) is 4.88. The molecule has 2 heterocycles. The number of carbonyl (C=O) groups is 2. The van der Waals surface area contributed by atoms with Crippen molar-refractivity contribution in [1.29, 1.82) is 0 Å². The highest BCUT2D eigenvalue weighted by molar-refractivity contribution is 6.16. The first kappa shape index (κ1) is 27.1. The highest BCUT2D eigenvalue weighted by Gasteiger charge is 2.33. The number of oxime groups is 1. The van der Waals surface area contributed by atoms with Crippen molar-refractivity contribution in [1.82, 2.24) is 4.57 Å². The van der Waals surface area contributed by atoms with Crippen LogP contribution in [-0.2, 0) is 19.1 Å². The maximum absolute atomic E-state index is 13.6. The molecular weight excluding hydrogens is 508 g/mol. The summed E-state index contributed by atoms with van der Waals surface area (Å²) in [5, 5.41) is 5.59. The molecule has 3 aromatic carbocycles. The number of nitrogens with zero attached hydrogens (tertiary/aromatic N) is 2. The van der Waals surface area contributed by atoms with Crippen molar-refractivity contribution in [3.63, 3.8) is 0 Å². The largest absolute Gasteiger partial charge is 0.491 e. The number of ether oxygens (including phenoxy) is 3. The number of aryl methyl sites for hydroxylation is 1. The molecule has 1 aromatic heterocycles. The van der Waals surface area contributed by atoms with Gasteiger partial charge in [-0.25, -0.2) is 4.79 Å². The zero-order chi connectivity index (χ0) is 28.6. The van der Waals surface area contributed by atoms with Gasteiger partial charge in [-0.15, -0.1) is 0 Å². The summed E-state index contributed by atoms with van der Waals surface area (Å²) in [5.41, 5.74) is 4.86. The lowest BCUT2D eigenvalue weighted by molar-refractivity contribution is -0.141. The third kappa shape index (κ3) is 5.34. The molecule has 0 spiro atoms. The predicted octanol–water partition coefficient (Wildman–Crippen LogP) is 5.59. The lowest BCUT2D eigenvalue weighted by atomic mass is 9.97. The standard InChI is InChI=1S/C32H30N2O6/c1-7-34-29-12-8-22(20(3)33-40-21(4)35)15-27(29)28-16-23(9-13-30(28)34)31(36)26-11-10-24(14-19(26)2)37-17-25-18-38-32(5,6)39-25/h1,8-16,25H,17-18H2,2-6H3/b33-20+. The Hall–Kier alpha value is -4.45. The van der Waals surface area contributed by atoms with Gasteiger partial charge in [-0.05, 0) is 87.4 Å². The van der Waals surface area contributed by atoms with Gasteiger partial charge >= 0.3 is 5.97 Å². The predicted molar refractivity (Wildman–Crippen MR) is 153 cm³/mol. The molecule has 1 atom stereocenters. The van der Waals surface area contributed by atoms with E-state index >= 15 is 0 Å². The number of hydrogen-bond acceptors (Lipinski definition) is 7. The molecular formula is C32H30N2O6. The van der Waals surface area contributed by atoms with Crippen LogP contribution in [0.4, 0.5) is 0 Å². The Bertz CT molecular complexity index is 1720. The second kappa shape index (κ2) is 10.6. The first-order valence-corrected chi connectivity index (χ1v) is 12.9. The maximum atomic E-state index is 13.6. The average Bonchev–Trinajstić information content (AvgIpc) is 3.45. The Balaban J connectivity index is 1.44. The van der Waals surface area contributed by atoms with E-state index in [0.29, 0.717) is 35.8 Å². The lowest BCUT2D eigenvalue weighted by Crippen LogP contribution is -2.25. The Morgan fingerprint density at radius 1 is 1.05 bits per heavy atom. The van der Waals surface area contributed by atoms with Crippen molar-refractivity contribution in [2.75, 3.05) is 13.2 Å². The second-order valence-electron chi connectivity index (χ2n) is 10.3. The summed E-state index contributed by atoms with van der Waals surface area (Å²) >= 11 is 0. The number of benzene rings is 3. The molecule has 1 saturated heterocycles. The number of ketones is 1. The Morgan fingerprint density at radius 3 is 2.33 bits per heavy atom. The SMILES string of the molecule is C#Cn1c2ccc(C(=O)c3ccc(OCC4COC(C)(C)O4)cc3C)cc2c2cc(/C(C)=N/OC(C)=O)ccc21. The van der Waals surface area contributed by atoms with Crippen LogP contribution >= 0.6 is 0 Å². The lowest BCUT2D eigenvalue weighted by Gasteiger charge is -2.17. The first-order chi connectivity index (χ1) is 19.1. The van der Waals surface area contributed by atoms with Crippen molar-refractivity contribution < 1.29 is 28.6 Å². The summed E-state index contributed by atoms with van der Waals surface area (Å²) < 4.78 is 19.0. The average molecular weight is 539 g/mol. The molecule has 1 aliphatic heterocycles. The number of fused-ring (bicyclic) bond motifs is 3. The van der Waals surface area contributed by atoms with Crippen LogP contribution < -0.4 is 4.74 Å². The molecule has 8 heteroatoms. The van der Waals surface area contributed by atoms with Gasteiger partial charge in [0.2, 0.25) is 0 Å². The molecule has 0 saturated carbocycles. The second-order valence-corrected chi connectivity index (χ2v) is 10.3. The van der Waals surface area contributed by atoms with E-state index in [4.69, 9.17) is 25.5 Å². The fraction of sp³-hybridized carbons (Fsp3) is 0.281. The van der Waals surface area contributed by atoms with Crippen molar-refractivity contribution >= 4 is 39.3 Å². The van der Waals surface area contributed by atoms with E-state index in [9.17, 15) is 9.59 Å². The van der Waals surface area contributed by atoms with E-state index in [0.717, 1.165) is 32.9 Å². The van der Waals surface area contributed by atoms with Gasteiger partial charge in [0.25, 0.3) is 0 Å². The van der Waals surface area contributed by atoms with Crippen molar-refractivity contribution in [3.05, 3.63) is 76.9 Å². The zero-order valence-electron chi connectivity index (χ0n) is 23.1. The molecule has 5 rings (SSSR count). The molecule has 204 valence electrons. The fourth-order valence-corrected chi connectivity index (χ4v) is 4.88. The Kier molecular flexibility index (Phi) is 7.19. The molecule has 1 unspecified atom stereocenters. The molecule has 0 amide bonds. The van der Waals surface area contributed by atoms with E-state index in [1.54, 1.807) is 29.7 Å². The van der Waals surface area contributed by atoms with Crippen LogP contribution in [0.1, 0.15) is 54.7 Å². The summed E-state index contributed by atoms with van der Waals surface area (Å²) in [6.45, 7) is 9.52. The number of terminal acetylenes is 1. The summed E-state index contributed by atoms with van der Waals surface area (Å²) in [6, 6.07) is 19.3. The van der Waals surface area contributed by atoms with Crippen molar-refractivity contribution in [2.24, 2.45) is 5.16 Å². The Morgan fingerprint density at radius 2 is 1.73 bits per heavy atom. The highest BCUT2D eigenvalue weighted by Crippen LogP contribution is 2.32. The van der Waals surface area contributed by atoms with E-state index in [1.165, 1.54) is 6.92 Å². The van der Waals surface area contributed by atoms with Crippen LogP contribution in [0.25, 0.3) is 21.8 Å². The summed E-state index contributed by atoms with van der Waals surface area (Å²) in [4.78, 5) is 29.6. The quantitative estimate of drug-likeness (QED) is 0.100. The number of aromatic nitrogens is 1. The minimum atomic E-state index is -0.605. The normalized spacial score (nSPS) is 16.7.